The highest BCUT2D eigenvalue weighted by molar-refractivity contribution is 6.29. The number of nitrogens with one attached hydrogen (secondary N) is 2. The number of hydrogen-bond acceptors (Lipinski definition) is 5. The lowest BCUT2D eigenvalue weighted by Crippen LogP contribution is -2.54. The van der Waals surface area contributed by atoms with Gasteiger partial charge in [0.05, 0.1) is 0 Å². The van der Waals surface area contributed by atoms with Crippen molar-refractivity contribution in [1.29, 1.82) is 0 Å². The molecule has 1 aliphatic carbocycles. The Morgan fingerprint density at radius 3 is 2.65 bits per heavy atom. The van der Waals surface area contributed by atoms with Crippen LogP contribution in [0.1, 0.15) is 32.6 Å². The number of carbonyl (C=O) groups excluding carboxylic acids is 3. The van der Waals surface area contributed by atoms with Gasteiger partial charge in [0.2, 0.25) is 5.91 Å². The van der Waals surface area contributed by atoms with E-state index >= 15 is 0 Å². The van der Waals surface area contributed by atoms with Crippen LogP contribution in [0.15, 0.2) is 42.6 Å². The average molecular weight is 482 g/mol. The predicted molar refractivity (Wildman–Crippen MR) is 129 cm³/mol. The van der Waals surface area contributed by atoms with Crippen molar-refractivity contribution in [2.75, 3.05) is 24.5 Å². The second-order valence-corrected chi connectivity index (χ2v) is 9.84. The highest BCUT2D eigenvalue weighted by Gasteiger charge is 2.55. The van der Waals surface area contributed by atoms with E-state index in [0.717, 1.165) is 36.2 Å². The molecule has 8 nitrogen and oxygen atoms in total. The first-order chi connectivity index (χ1) is 16.4. The average Bonchev–Trinajstić information content (AvgIpc) is 3.63. The quantitative estimate of drug-likeness (QED) is 0.488. The summed E-state index contributed by atoms with van der Waals surface area (Å²) in [6.45, 7) is 4.06. The molecule has 1 saturated carbocycles. The zero-order valence-electron chi connectivity index (χ0n) is 19.1. The van der Waals surface area contributed by atoms with E-state index in [-0.39, 0.29) is 30.2 Å². The summed E-state index contributed by atoms with van der Waals surface area (Å²) in [7, 11) is 0. The lowest BCUT2D eigenvalue weighted by atomic mass is 9.87. The summed E-state index contributed by atoms with van der Waals surface area (Å²) >= 11 is 6.06. The third kappa shape index (κ3) is 4.34. The number of amides is 4. The summed E-state index contributed by atoms with van der Waals surface area (Å²) in [5, 5.41) is 5.62. The Balaban J connectivity index is 1.22. The summed E-state index contributed by atoms with van der Waals surface area (Å²) in [5.41, 5.74) is 2.25. The third-order valence-electron chi connectivity index (χ3n) is 7.19. The number of piperazine rings is 1. The van der Waals surface area contributed by atoms with Crippen LogP contribution in [0.4, 0.5) is 10.5 Å². The van der Waals surface area contributed by atoms with E-state index in [1.54, 1.807) is 6.20 Å². The number of benzene rings is 1. The van der Waals surface area contributed by atoms with Crippen LogP contribution in [0.2, 0.25) is 5.15 Å². The van der Waals surface area contributed by atoms with Crippen molar-refractivity contribution in [2.45, 2.75) is 44.2 Å². The van der Waals surface area contributed by atoms with Crippen LogP contribution >= 0.6 is 11.6 Å². The molecule has 0 spiro atoms. The van der Waals surface area contributed by atoms with Crippen LogP contribution < -0.4 is 15.5 Å². The van der Waals surface area contributed by atoms with Gasteiger partial charge in [0, 0.05) is 44.0 Å². The van der Waals surface area contributed by atoms with Crippen molar-refractivity contribution < 1.29 is 14.4 Å². The highest BCUT2D eigenvalue weighted by Crippen LogP contribution is 2.43. The van der Waals surface area contributed by atoms with E-state index < -0.39 is 11.6 Å². The molecule has 5 rings (SSSR count). The Hall–Kier alpha value is -3.13. The van der Waals surface area contributed by atoms with Gasteiger partial charge in [0.1, 0.15) is 10.7 Å². The molecule has 34 heavy (non-hydrogen) atoms. The second-order valence-electron chi connectivity index (χ2n) is 9.45. The van der Waals surface area contributed by atoms with Crippen LogP contribution in [0.25, 0.3) is 11.1 Å². The molecule has 2 aliphatic heterocycles. The van der Waals surface area contributed by atoms with Gasteiger partial charge >= 0.3 is 6.03 Å². The normalized spacial score (nSPS) is 24.7. The molecular formula is C25H28ClN5O3. The van der Waals surface area contributed by atoms with Gasteiger partial charge < -0.3 is 15.1 Å². The maximum atomic E-state index is 13.0. The van der Waals surface area contributed by atoms with Gasteiger partial charge in [-0.3, -0.25) is 14.9 Å². The molecule has 3 heterocycles. The van der Waals surface area contributed by atoms with Gasteiger partial charge in [-0.05, 0) is 67.5 Å². The van der Waals surface area contributed by atoms with E-state index in [1.165, 1.54) is 0 Å². The lowest BCUT2D eigenvalue weighted by Gasteiger charge is -2.41. The number of halogens is 1. The molecule has 2 aromatic rings. The minimum atomic E-state index is -0.920. The molecule has 4 amide bonds. The third-order valence-corrected chi connectivity index (χ3v) is 7.40. The summed E-state index contributed by atoms with van der Waals surface area (Å²) in [6, 6.07) is 11.8. The van der Waals surface area contributed by atoms with Crippen molar-refractivity contribution in [1.82, 2.24) is 20.5 Å². The Morgan fingerprint density at radius 1 is 1.18 bits per heavy atom. The maximum absolute atomic E-state index is 13.0. The Morgan fingerprint density at radius 2 is 1.97 bits per heavy atom. The molecule has 2 N–H and O–H groups in total. The Kier molecular flexibility index (Phi) is 5.93. The fourth-order valence-electron chi connectivity index (χ4n) is 5.23. The Labute approximate surface area is 203 Å². The first-order valence-corrected chi connectivity index (χ1v) is 12.1. The molecule has 0 bridgehead atoms. The van der Waals surface area contributed by atoms with Crippen molar-refractivity contribution in [3.05, 3.63) is 47.7 Å². The number of hydrogen-bond donors (Lipinski definition) is 2. The number of anilines is 1. The van der Waals surface area contributed by atoms with E-state index in [9.17, 15) is 14.4 Å². The van der Waals surface area contributed by atoms with Gasteiger partial charge in [-0.1, -0.05) is 23.7 Å². The number of aromatic nitrogens is 1. The number of carbonyl (C=O) groups is 3. The SMILES string of the molecule is C[C@H]1CN(C(=O)CCC2(C3CC3)NC(=O)NC2=O)CCN1c1cccc(-c2ccnc(Cl)c2)c1. The fourth-order valence-corrected chi connectivity index (χ4v) is 5.40. The molecule has 3 fully saturated rings. The predicted octanol–water partition coefficient (Wildman–Crippen LogP) is 3.21. The van der Waals surface area contributed by atoms with Crippen LogP contribution in [-0.4, -0.2) is 58.9 Å². The van der Waals surface area contributed by atoms with Crippen molar-refractivity contribution in [3.63, 3.8) is 0 Å². The fraction of sp³-hybridized carbons (Fsp3) is 0.440. The summed E-state index contributed by atoms with van der Waals surface area (Å²) in [6.07, 6.45) is 4.10. The van der Waals surface area contributed by atoms with Crippen LogP contribution in [0.5, 0.6) is 0 Å². The van der Waals surface area contributed by atoms with Crippen molar-refractivity contribution in [3.8, 4) is 11.1 Å². The van der Waals surface area contributed by atoms with Gasteiger partial charge in [-0.15, -0.1) is 0 Å². The molecule has 178 valence electrons. The first-order valence-electron chi connectivity index (χ1n) is 11.8. The van der Waals surface area contributed by atoms with Gasteiger partial charge in [-0.2, -0.15) is 0 Å². The summed E-state index contributed by atoms with van der Waals surface area (Å²) < 4.78 is 0. The zero-order valence-corrected chi connectivity index (χ0v) is 19.8. The summed E-state index contributed by atoms with van der Waals surface area (Å²) in [5.74, 6) is -0.132. The van der Waals surface area contributed by atoms with E-state index in [0.29, 0.717) is 24.7 Å². The maximum Gasteiger partial charge on any atom is 0.322 e. The zero-order chi connectivity index (χ0) is 23.9. The van der Waals surface area contributed by atoms with Crippen LogP contribution in [-0.2, 0) is 9.59 Å². The number of rotatable bonds is 6. The molecule has 9 heteroatoms. The molecule has 2 saturated heterocycles. The molecule has 1 aromatic heterocycles. The molecule has 3 aliphatic rings. The molecule has 2 atom stereocenters. The van der Waals surface area contributed by atoms with E-state index in [4.69, 9.17) is 11.6 Å². The number of pyridine rings is 1. The smallest absolute Gasteiger partial charge is 0.322 e. The van der Waals surface area contributed by atoms with E-state index in [2.05, 4.69) is 39.6 Å². The Bertz CT molecular complexity index is 1140. The van der Waals surface area contributed by atoms with Crippen molar-refractivity contribution in [2.24, 2.45) is 5.92 Å². The topological polar surface area (TPSA) is 94.6 Å². The second kappa shape index (κ2) is 8.91. The molecule has 0 radical (unpaired) electrons. The van der Waals surface area contributed by atoms with Crippen LogP contribution in [0, 0.1) is 5.92 Å². The minimum Gasteiger partial charge on any atom is -0.365 e. The molecular weight excluding hydrogens is 454 g/mol. The monoisotopic (exact) mass is 481 g/mol. The summed E-state index contributed by atoms with van der Waals surface area (Å²) in [4.78, 5) is 45.5. The van der Waals surface area contributed by atoms with Gasteiger partial charge in [0.25, 0.3) is 5.91 Å². The van der Waals surface area contributed by atoms with Gasteiger partial charge in [0.15, 0.2) is 0 Å². The lowest BCUT2D eigenvalue weighted by molar-refractivity contribution is -0.133. The van der Waals surface area contributed by atoms with Gasteiger partial charge in [-0.25, -0.2) is 9.78 Å². The number of imide groups is 1. The standard InChI is InChI=1S/C25H28ClN5O3/c1-16-15-30(22(32)7-9-25(19-5-6-19)23(33)28-24(34)29-25)11-12-31(16)20-4-2-3-17(13-20)18-8-10-27-21(26)14-18/h2-4,8,10,13-14,16,19H,5-7,9,11-12,15H2,1H3,(H2,28,29,33,34)/t16-,25?/m0/s1. The first kappa shape index (κ1) is 22.7. The number of urea groups is 1. The number of nitrogens with zero attached hydrogens (tertiary/aromatic N) is 3. The van der Waals surface area contributed by atoms with Crippen LogP contribution in [0.3, 0.4) is 0 Å². The largest absolute Gasteiger partial charge is 0.365 e. The molecule has 1 aromatic carbocycles. The molecule has 1 unspecified atom stereocenters. The van der Waals surface area contributed by atoms with Crippen molar-refractivity contribution >= 4 is 35.1 Å². The minimum absolute atomic E-state index is 0.0284. The highest BCUT2D eigenvalue weighted by atomic mass is 35.5. The van der Waals surface area contributed by atoms with E-state index in [1.807, 2.05) is 29.2 Å².